The summed E-state index contributed by atoms with van der Waals surface area (Å²) >= 11 is 0. The van der Waals surface area contributed by atoms with Crippen LogP contribution in [0.1, 0.15) is 0 Å². The fourth-order valence-electron chi connectivity index (χ4n) is 5.66. The van der Waals surface area contributed by atoms with Crippen molar-refractivity contribution in [2.75, 3.05) is 0 Å². The Balaban J connectivity index is 0.00000325. The molecular formula is C40H25N3OPt. The zero-order valence-electron chi connectivity index (χ0n) is 24.0. The van der Waals surface area contributed by atoms with E-state index in [1.807, 2.05) is 85.1 Å². The van der Waals surface area contributed by atoms with E-state index in [9.17, 15) is 0 Å². The van der Waals surface area contributed by atoms with Gasteiger partial charge in [-0.3, -0.25) is 0 Å². The van der Waals surface area contributed by atoms with Gasteiger partial charge in [0.15, 0.2) is 0 Å². The first-order valence-electron chi connectivity index (χ1n) is 14.5. The molecule has 216 valence electrons. The third-order valence-corrected chi connectivity index (χ3v) is 7.73. The quantitative estimate of drug-likeness (QED) is 0.159. The molecule has 0 bridgehead atoms. The predicted molar refractivity (Wildman–Crippen MR) is 177 cm³/mol. The molecule has 5 heteroatoms. The van der Waals surface area contributed by atoms with Crippen LogP contribution < -0.4 is 4.74 Å². The number of hydrogen-bond acceptors (Lipinski definition) is 3. The van der Waals surface area contributed by atoms with Gasteiger partial charge in [0.1, 0.15) is 5.82 Å². The molecule has 0 aliphatic carbocycles. The monoisotopic (exact) mass is 758 g/mol. The fourth-order valence-corrected chi connectivity index (χ4v) is 5.66. The Labute approximate surface area is 275 Å². The average molecular weight is 759 g/mol. The zero-order chi connectivity index (χ0) is 29.3. The van der Waals surface area contributed by atoms with E-state index in [2.05, 4.69) is 83.4 Å². The molecule has 0 fully saturated rings. The van der Waals surface area contributed by atoms with Crippen molar-refractivity contribution in [3.8, 4) is 51.0 Å². The Morgan fingerprint density at radius 3 is 2.13 bits per heavy atom. The third kappa shape index (κ3) is 5.57. The molecule has 0 amide bonds. The van der Waals surface area contributed by atoms with E-state index in [0.717, 1.165) is 61.1 Å². The number of fused-ring (bicyclic) bond motifs is 3. The van der Waals surface area contributed by atoms with E-state index in [4.69, 9.17) is 14.7 Å². The van der Waals surface area contributed by atoms with E-state index in [-0.39, 0.29) is 21.1 Å². The molecule has 0 radical (unpaired) electrons. The number of ether oxygens (including phenoxy) is 1. The molecule has 0 spiro atoms. The molecular weight excluding hydrogens is 734 g/mol. The maximum absolute atomic E-state index is 6.19. The summed E-state index contributed by atoms with van der Waals surface area (Å²) in [6.45, 7) is 0. The van der Waals surface area contributed by atoms with E-state index in [0.29, 0.717) is 11.6 Å². The van der Waals surface area contributed by atoms with Gasteiger partial charge < -0.3 is 9.30 Å². The number of nitrogens with zero attached hydrogens (tertiary/aromatic N) is 3. The first-order valence-corrected chi connectivity index (χ1v) is 14.5. The average Bonchev–Trinajstić information content (AvgIpc) is 3.43. The zero-order valence-corrected chi connectivity index (χ0v) is 26.3. The molecule has 0 N–H and O–H groups in total. The van der Waals surface area contributed by atoms with E-state index in [1.54, 1.807) is 0 Å². The maximum Gasteiger partial charge on any atom is 2.00 e. The Morgan fingerprint density at radius 2 is 1.29 bits per heavy atom. The van der Waals surface area contributed by atoms with Crippen LogP contribution in [0.2, 0.25) is 0 Å². The van der Waals surface area contributed by atoms with E-state index < -0.39 is 0 Å². The molecule has 8 aromatic rings. The molecule has 4 nitrogen and oxygen atoms in total. The fraction of sp³-hybridized carbons (Fsp3) is 0. The summed E-state index contributed by atoms with van der Waals surface area (Å²) in [5.41, 5.74) is 7.99. The number of rotatable bonds is 6. The predicted octanol–water partition coefficient (Wildman–Crippen LogP) is 9.96. The van der Waals surface area contributed by atoms with Gasteiger partial charge in [0.05, 0.1) is 5.69 Å². The molecule has 0 saturated carbocycles. The van der Waals surface area contributed by atoms with Gasteiger partial charge in [0.25, 0.3) is 0 Å². The van der Waals surface area contributed by atoms with Crippen molar-refractivity contribution in [3.63, 3.8) is 0 Å². The molecule has 0 unspecified atom stereocenters. The second-order valence-electron chi connectivity index (χ2n) is 10.5. The van der Waals surface area contributed by atoms with Crippen molar-refractivity contribution in [2.45, 2.75) is 0 Å². The first kappa shape index (κ1) is 28.5. The normalized spacial score (nSPS) is 10.9. The summed E-state index contributed by atoms with van der Waals surface area (Å²) in [5.74, 6) is 1.95. The third-order valence-electron chi connectivity index (χ3n) is 7.73. The minimum atomic E-state index is 0. The van der Waals surface area contributed by atoms with Crippen molar-refractivity contribution in [2.24, 2.45) is 0 Å². The minimum Gasteiger partial charge on any atom is -0.460 e. The second kappa shape index (κ2) is 12.4. The van der Waals surface area contributed by atoms with E-state index >= 15 is 0 Å². The molecule has 3 aromatic heterocycles. The van der Waals surface area contributed by atoms with Crippen LogP contribution in [0.25, 0.3) is 61.1 Å². The van der Waals surface area contributed by atoms with E-state index in [1.165, 1.54) is 0 Å². The Kier molecular flexibility index (Phi) is 7.81. The first-order chi connectivity index (χ1) is 21.8. The molecule has 5 aromatic carbocycles. The van der Waals surface area contributed by atoms with Gasteiger partial charge >= 0.3 is 21.1 Å². The Morgan fingerprint density at radius 1 is 0.556 bits per heavy atom. The molecule has 45 heavy (non-hydrogen) atoms. The van der Waals surface area contributed by atoms with Crippen LogP contribution >= 0.6 is 0 Å². The van der Waals surface area contributed by atoms with Gasteiger partial charge in [-0.2, -0.15) is 24.3 Å². The summed E-state index contributed by atoms with van der Waals surface area (Å²) in [7, 11) is 0. The number of hydrogen-bond donors (Lipinski definition) is 0. The Bertz CT molecular complexity index is 2260. The largest absolute Gasteiger partial charge is 2.00 e. The van der Waals surface area contributed by atoms with Crippen molar-refractivity contribution < 1.29 is 25.8 Å². The Hall–Kier alpha value is -5.31. The summed E-state index contributed by atoms with van der Waals surface area (Å²) in [6.07, 6.45) is 1.87. The van der Waals surface area contributed by atoms with Crippen molar-refractivity contribution in [3.05, 3.63) is 164 Å². The summed E-state index contributed by atoms with van der Waals surface area (Å²) in [6, 6.07) is 56.2. The van der Waals surface area contributed by atoms with Crippen LogP contribution in [-0.2, 0) is 21.1 Å². The maximum atomic E-state index is 6.19. The number of aromatic nitrogens is 3. The minimum absolute atomic E-state index is 0. The topological polar surface area (TPSA) is 39.9 Å². The smallest absolute Gasteiger partial charge is 0.460 e. The summed E-state index contributed by atoms with van der Waals surface area (Å²) in [5, 5.41) is 2.27. The standard InChI is InChI=1S/C40H25N3O.Pt/c1-3-11-28(12-4-1)32-23-24-41-39(27-32)43-37-19-8-7-17-34(37)35-22-21-31(26-38(35)43)30-15-9-16-33(25-30)44-40-20-10-18-36(42-40)29-13-5-2-6-14-29;/h1-24,27H;/q-2;+2. The van der Waals surface area contributed by atoms with Gasteiger partial charge in [-0.15, -0.1) is 18.2 Å². The molecule has 0 aliphatic rings. The SMILES string of the molecule is [Pt+2].[c-]1c(Oc2cccc(-c3ccccc3)n2)cccc1-c1[c-]c2c(cc1)c1ccccc1n2-c1cc(-c2ccccc2)ccn1. The van der Waals surface area contributed by atoms with Gasteiger partial charge in [-0.05, 0) is 46.3 Å². The summed E-state index contributed by atoms with van der Waals surface area (Å²) < 4.78 is 8.39. The number of para-hydroxylation sites is 1. The van der Waals surface area contributed by atoms with Crippen LogP contribution in [0.5, 0.6) is 11.6 Å². The van der Waals surface area contributed by atoms with Crippen molar-refractivity contribution >= 4 is 21.8 Å². The molecule has 3 heterocycles. The molecule has 8 rings (SSSR count). The second-order valence-corrected chi connectivity index (χ2v) is 10.5. The van der Waals surface area contributed by atoms with Crippen molar-refractivity contribution in [1.82, 2.24) is 14.5 Å². The molecule has 0 atom stereocenters. The van der Waals surface area contributed by atoms with Gasteiger partial charge in [0.2, 0.25) is 5.88 Å². The van der Waals surface area contributed by atoms with Crippen molar-refractivity contribution in [1.29, 1.82) is 0 Å². The molecule has 0 saturated heterocycles. The van der Waals surface area contributed by atoms with Crippen LogP contribution in [0, 0.1) is 12.1 Å². The van der Waals surface area contributed by atoms with Crippen LogP contribution in [0.4, 0.5) is 0 Å². The number of benzene rings is 5. The number of pyridine rings is 2. The van der Waals surface area contributed by atoms with Gasteiger partial charge in [-0.1, -0.05) is 90.3 Å². The van der Waals surface area contributed by atoms with Crippen LogP contribution in [-0.4, -0.2) is 14.5 Å². The van der Waals surface area contributed by atoms with Gasteiger partial charge in [0, 0.05) is 29.1 Å². The summed E-state index contributed by atoms with van der Waals surface area (Å²) in [4.78, 5) is 9.53. The van der Waals surface area contributed by atoms with Crippen LogP contribution in [0.15, 0.2) is 152 Å². The molecule has 0 aliphatic heterocycles. The van der Waals surface area contributed by atoms with Crippen LogP contribution in [0.3, 0.4) is 0 Å². The van der Waals surface area contributed by atoms with Gasteiger partial charge in [-0.25, -0.2) is 21.1 Å².